The Hall–Kier alpha value is -3.53. The molecule has 0 atom stereocenters. The number of nitrogens with one attached hydrogen (secondary N) is 1. The Morgan fingerprint density at radius 1 is 0.889 bits per heavy atom. The Morgan fingerprint density at radius 2 is 1.53 bits per heavy atom. The molecule has 9 heteroatoms. The van der Waals surface area contributed by atoms with Gasteiger partial charge >= 0.3 is 5.97 Å². The summed E-state index contributed by atoms with van der Waals surface area (Å²) in [5, 5.41) is 2.77. The quantitative estimate of drug-likeness (QED) is 0.492. The van der Waals surface area contributed by atoms with Crippen LogP contribution < -0.4 is 5.32 Å². The van der Waals surface area contributed by atoms with Gasteiger partial charge in [0.2, 0.25) is 10.0 Å². The maximum atomic E-state index is 12.9. The van der Waals surface area contributed by atoms with Crippen molar-refractivity contribution in [3.8, 4) is 0 Å². The summed E-state index contributed by atoms with van der Waals surface area (Å²) >= 11 is 0. The van der Waals surface area contributed by atoms with E-state index in [2.05, 4.69) is 10.2 Å². The van der Waals surface area contributed by atoms with Crippen molar-refractivity contribution in [1.29, 1.82) is 0 Å². The van der Waals surface area contributed by atoms with Crippen LogP contribution in [0.5, 0.6) is 0 Å². The van der Waals surface area contributed by atoms with Crippen LogP contribution in [0.25, 0.3) is 0 Å². The maximum absolute atomic E-state index is 12.9. The smallest absolute Gasteiger partial charge is 0.339 e. The number of benzene rings is 3. The first kappa shape index (κ1) is 25.6. The lowest BCUT2D eigenvalue weighted by molar-refractivity contribution is 0.0602. The van der Waals surface area contributed by atoms with Gasteiger partial charge in [-0.25, -0.2) is 13.2 Å². The van der Waals surface area contributed by atoms with Crippen LogP contribution in [-0.4, -0.2) is 62.8 Å². The van der Waals surface area contributed by atoms with Crippen LogP contribution in [0.15, 0.2) is 77.7 Å². The lowest BCUT2D eigenvalue weighted by Gasteiger charge is -2.34. The third kappa shape index (κ3) is 5.81. The zero-order chi connectivity index (χ0) is 25.7. The molecule has 1 N–H and O–H groups in total. The Kier molecular flexibility index (Phi) is 7.83. The van der Waals surface area contributed by atoms with Crippen LogP contribution in [0.1, 0.15) is 31.8 Å². The number of nitrogens with zero attached hydrogens (tertiary/aromatic N) is 2. The molecule has 1 amide bonds. The van der Waals surface area contributed by atoms with E-state index in [9.17, 15) is 18.0 Å². The fraction of sp³-hybridized carbons (Fsp3) is 0.259. The number of piperazine rings is 1. The van der Waals surface area contributed by atoms with Crippen LogP contribution in [0.4, 0.5) is 5.69 Å². The minimum atomic E-state index is -3.49. The number of amides is 1. The Labute approximate surface area is 211 Å². The molecule has 0 bridgehead atoms. The topological polar surface area (TPSA) is 96.0 Å². The molecule has 0 radical (unpaired) electrons. The fourth-order valence-corrected chi connectivity index (χ4v) is 5.50. The van der Waals surface area contributed by atoms with Crippen molar-refractivity contribution in [1.82, 2.24) is 9.21 Å². The van der Waals surface area contributed by atoms with Crippen LogP contribution in [-0.2, 0) is 21.3 Å². The zero-order valence-corrected chi connectivity index (χ0v) is 21.1. The van der Waals surface area contributed by atoms with Crippen molar-refractivity contribution in [2.75, 3.05) is 38.6 Å². The standard InChI is InChI=1S/C27H29N3O5S/c1-20-7-13-23(14-8-20)36(33,34)30-17-15-29(16-18-30)19-21-9-11-22(12-10-21)26(31)28-25-6-4-3-5-24(25)27(32)35-2/h3-14H,15-19H2,1-2H3,(H,28,31). The van der Waals surface area contributed by atoms with Gasteiger partial charge in [-0.05, 0) is 48.9 Å². The minimum Gasteiger partial charge on any atom is -0.465 e. The number of hydrogen-bond acceptors (Lipinski definition) is 6. The lowest BCUT2D eigenvalue weighted by atomic mass is 10.1. The van der Waals surface area contributed by atoms with Crippen molar-refractivity contribution >= 4 is 27.6 Å². The number of anilines is 1. The number of esters is 1. The number of rotatable bonds is 7. The molecular weight excluding hydrogens is 478 g/mol. The summed E-state index contributed by atoms with van der Waals surface area (Å²) in [5.41, 5.74) is 3.18. The van der Waals surface area contributed by atoms with E-state index in [0.717, 1.165) is 11.1 Å². The second kappa shape index (κ2) is 11.0. The molecule has 36 heavy (non-hydrogen) atoms. The second-order valence-electron chi connectivity index (χ2n) is 8.68. The van der Waals surface area contributed by atoms with Crippen molar-refractivity contribution in [2.45, 2.75) is 18.4 Å². The number of hydrogen-bond donors (Lipinski definition) is 1. The number of sulfonamides is 1. The third-order valence-electron chi connectivity index (χ3n) is 6.19. The van der Waals surface area contributed by atoms with E-state index in [1.807, 2.05) is 31.2 Å². The molecule has 0 saturated carbocycles. The molecular formula is C27H29N3O5S. The first-order valence-corrected chi connectivity index (χ1v) is 13.1. The predicted molar refractivity (Wildman–Crippen MR) is 137 cm³/mol. The molecule has 3 aromatic carbocycles. The van der Waals surface area contributed by atoms with Crippen molar-refractivity contribution < 1.29 is 22.7 Å². The summed E-state index contributed by atoms with van der Waals surface area (Å²) in [6.45, 7) is 4.69. The van der Waals surface area contributed by atoms with Gasteiger partial charge in [-0.15, -0.1) is 0 Å². The molecule has 1 aliphatic heterocycles. The van der Waals surface area contributed by atoms with E-state index < -0.39 is 16.0 Å². The molecule has 8 nitrogen and oxygen atoms in total. The summed E-state index contributed by atoms with van der Waals surface area (Å²) in [5.74, 6) is -0.846. The fourth-order valence-electron chi connectivity index (χ4n) is 4.08. The highest BCUT2D eigenvalue weighted by Gasteiger charge is 2.28. The molecule has 0 aromatic heterocycles. The van der Waals surface area contributed by atoms with E-state index in [4.69, 9.17) is 4.74 Å². The van der Waals surface area contributed by atoms with Crippen molar-refractivity contribution in [2.24, 2.45) is 0 Å². The van der Waals surface area contributed by atoms with Crippen molar-refractivity contribution in [3.05, 3.63) is 95.1 Å². The van der Waals surface area contributed by atoms with Gasteiger partial charge in [-0.2, -0.15) is 4.31 Å². The predicted octanol–water partition coefficient (Wildman–Crippen LogP) is 3.54. The average Bonchev–Trinajstić information content (AvgIpc) is 2.89. The van der Waals surface area contributed by atoms with E-state index >= 15 is 0 Å². The molecule has 1 heterocycles. The average molecular weight is 508 g/mol. The van der Waals surface area contributed by atoms with Gasteiger partial charge in [-0.1, -0.05) is 42.0 Å². The number of carbonyl (C=O) groups is 2. The third-order valence-corrected chi connectivity index (χ3v) is 8.11. The zero-order valence-electron chi connectivity index (χ0n) is 20.3. The largest absolute Gasteiger partial charge is 0.465 e. The van der Waals surface area contributed by atoms with Crippen LogP contribution in [0.2, 0.25) is 0 Å². The highest BCUT2D eigenvalue weighted by atomic mass is 32.2. The Balaban J connectivity index is 1.33. The lowest BCUT2D eigenvalue weighted by Crippen LogP contribution is -2.48. The van der Waals surface area contributed by atoms with Gasteiger partial charge in [-0.3, -0.25) is 9.69 Å². The van der Waals surface area contributed by atoms with Crippen LogP contribution in [0.3, 0.4) is 0 Å². The first-order chi connectivity index (χ1) is 17.3. The summed E-state index contributed by atoms with van der Waals surface area (Å²) in [6.07, 6.45) is 0. The highest BCUT2D eigenvalue weighted by Crippen LogP contribution is 2.20. The van der Waals surface area contributed by atoms with Gasteiger partial charge in [0, 0.05) is 38.3 Å². The summed E-state index contributed by atoms with van der Waals surface area (Å²) in [7, 11) is -2.20. The van der Waals surface area contributed by atoms with Crippen LogP contribution >= 0.6 is 0 Å². The van der Waals surface area contributed by atoms with E-state index in [0.29, 0.717) is 48.9 Å². The van der Waals surface area contributed by atoms with E-state index in [1.54, 1.807) is 48.5 Å². The normalized spacial score (nSPS) is 14.8. The molecule has 1 saturated heterocycles. The molecule has 3 aromatic rings. The number of ether oxygens (including phenoxy) is 1. The maximum Gasteiger partial charge on any atom is 0.339 e. The first-order valence-electron chi connectivity index (χ1n) is 11.6. The summed E-state index contributed by atoms with van der Waals surface area (Å²) < 4.78 is 32.1. The molecule has 0 aliphatic carbocycles. The summed E-state index contributed by atoms with van der Waals surface area (Å²) in [4.78, 5) is 27.2. The van der Waals surface area contributed by atoms with E-state index in [1.165, 1.54) is 11.4 Å². The summed E-state index contributed by atoms with van der Waals surface area (Å²) in [6, 6.07) is 20.9. The monoisotopic (exact) mass is 507 g/mol. The molecule has 188 valence electrons. The number of carbonyl (C=O) groups excluding carboxylic acids is 2. The molecule has 0 unspecified atom stereocenters. The Bertz CT molecular complexity index is 1330. The number of aryl methyl sites for hydroxylation is 1. The van der Waals surface area contributed by atoms with Gasteiger partial charge in [0.25, 0.3) is 5.91 Å². The molecule has 0 spiro atoms. The molecule has 1 fully saturated rings. The minimum absolute atomic E-state index is 0.286. The number of methoxy groups -OCH3 is 1. The SMILES string of the molecule is COC(=O)c1ccccc1NC(=O)c1ccc(CN2CCN(S(=O)(=O)c3ccc(C)cc3)CC2)cc1. The van der Waals surface area contributed by atoms with Crippen molar-refractivity contribution in [3.63, 3.8) is 0 Å². The molecule has 1 aliphatic rings. The van der Waals surface area contributed by atoms with Crippen LogP contribution in [0, 0.1) is 6.92 Å². The highest BCUT2D eigenvalue weighted by molar-refractivity contribution is 7.89. The number of para-hydroxylation sites is 1. The Morgan fingerprint density at radius 3 is 2.17 bits per heavy atom. The van der Waals surface area contributed by atoms with Gasteiger partial charge < -0.3 is 10.1 Å². The molecule has 4 rings (SSSR count). The van der Waals surface area contributed by atoms with Gasteiger partial charge in [0.05, 0.1) is 23.3 Å². The van der Waals surface area contributed by atoms with Gasteiger partial charge in [0.1, 0.15) is 0 Å². The van der Waals surface area contributed by atoms with E-state index in [-0.39, 0.29) is 11.5 Å². The second-order valence-corrected chi connectivity index (χ2v) is 10.6. The van der Waals surface area contributed by atoms with Gasteiger partial charge in [0.15, 0.2) is 0 Å².